The maximum absolute atomic E-state index is 12.3. The number of aromatic amines is 1. The molecule has 0 radical (unpaired) electrons. The molecule has 7 heteroatoms. The number of H-pyrrole nitrogens is 1. The monoisotopic (exact) mass is 303 g/mol. The van der Waals surface area contributed by atoms with E-state index in [0.717, 1.165) is 5.69 Å². The molecule has 2 N–H and O–H groups in total. The van der Waals surface area contributed by atoms with Crippen LogP contribution in [-0.2, 0) is 21.3 Å². The number of hydrogen-bond donors (Lipinski definition) is 2. The van der Waals surface area contributed by atoms with E-state index in [2.05, 4.69) is 10.3 Å². The summed E-state index contributed by atoms with van der Waals surface area (Å²) in [5.74, 6) is 0. The second-order valence-corrected chi connectivity index (χ2v) is 7.11. The highest BCUT2D eigenvalue weighted by molar-refractivity contribution is 7.89. The van der Waals surface area contributed by atoms with Gasteiger partial charge in [-0.2, -0.15) is 0 Å². The van der Waals surface area contributed by atoms with Crippen molar-refractivity contribution in [2.24, 2.45) is 0 Å². The summed E-state index contributed by atoms with van der Waals surface area (Å²) in [7, 11) is -0.225. The molecule has 1 rings (SSSR count). The average Bonchev–Trinajstić information content (AvgIpc) is 2.86. The SMILES string of the molecule is COCCCN(C)S(=O)(=O)c1c[nH]c(CNC(C)C)c1. The first-order valence-corrected chi connectivity index (χ1v) is 8.18. The molecule has 0 bridgehead atoms. The van der Waals surface area contributed by atoms with Crippen LogP contribution in [0.15, 0.2) is 17.2 Å². The second-order valence-electron chi connectivity index (χ2n) is 5.07. The molecule has 20 heavy (non-hydrogen) atoms. The Balaban J connectivity index is 2.67. The standard InChI is InChI=1S/C13H25N3O3S/c1-11(2)14-9-12-8-13(10-15-12)20(17,18)16(3)6-5-7-19-4/h8,10-11,14-15H,5-7,9H2,1-4H3. The second kappa shape index (κ2) is 7.78. The molecular formula is C13H25N3O3S. The summed E-state index contributed by atoms with van der Waals surface area (Å²) in [6, 6.07) is 2.03. The van der Waals surface area contributed by atoms with E-state index in [4.69, 9.17) is 4.74 Å². The van der Waals surface area contributed by atoms with Crippen LogP contribution in [-0.4, -0.2) is 51.1 Å². The lowest BCUT2D eigenvalue weighted by molar-refractivity contribution is 0.189. The van der Waals surface area contributed by atoms with E-state index in [-0.39, 0.29) is 0 Å². The lowest BCUT2D eigenvalue weighted by atomic mass is 10.3. The van der Waals surface area contributed by atoms with E-state index >= 15 is 0 Å². The largest absolute Gasteiger partial charge is 0.385 e. The fourth-order valence-electron chi connectivity index (χ4n) is 1.72. The molecule has 0 saturated carbocycles. The Labute approximate surface area is 121 Å². The van der Waals surface area contributed by atoms with Gasteiger partial charge in [0, 0.05) is 51.8 Å². The third-order valence-corrected chi connectivity index (χ3v) is 4.78. The number of nitrogens with one attached hydrogen (secondary N) is 2. The van der Waals surface area contributed by atoms with E-state index in [9.17, 15) is 8.42 Å². The fourth-order valence-corrected chi connectivity index (χ4v) is 2.94. The van der Waals surface area contributed by atoms with Gasteiger partial charge in [0.25, 0.3) is 0 Å². The first-order valence-electron chi connectivity index (χ1n) is 6.74. The van der Waals surface area contributed by atoms with Crippen LogP contribution in [0.25, 0.3) is 0 Å². The van der Waals surface area contributed by atoms with Gasteiger partial charge < -0.3 is 15.0 Å². The number of aromatic nitrogens is 1. The first-order chi connectivity index (χ1) is 9.37. The Morgan fingerprint density at radius 2 is 2.15 bits per heavy atom. The molecule has 0 fully saturated rings. The van der Waals surface area contributed by atoms with Crippen molar-refractivity contribution in [1.29, 1.82) is 0 Å². The van der Waals surface area contributed by atoms with Gasteiger partial charge in [0.05, 0.1) is 4.90 Å². The molecule has 116 valence electrons. The summed E-state index contributed by atoms with van der Waals surface area (Å²) in [5, 5.41) is 3.24. The molecule has 0 aliphatic rings. The number of ether oxygens (including phenoxy) is 1. The van der Waals surface area contributed by atoms with Crippen LogP contribution in [0.3, 0.4) is 0 Å². The predicted molar refractivity (Wildman–Crippen MR) is 79.1 cm³/mol. The normalized spacial score (nSPS) is 12.5. The minimum absolute atomic E-state index is 0.304. The van der Waals surface area contributed by atoms with Crippen LogP contribution < -0.4 is 5.32 Å². The zero-order chi connectivity index (χ0) is 15.2. The van der Waals surface area contributed by atoms with E-state index in [1.807, 2.05) is 13.8 Å². The van der Waals surface area contributed by atoms with E-state index in [1.165, 1.54) is 4.31 Å². The van der Waals surface area contributed by atoms with Gasteiger partial charge in [-0.15, -0.1) is 0 Å². The van der Waals surface area contributed by atoms with Crippen molar-refractivity contribution < 1.29 is 13.2 Å². The van der Waals surface area contributed by atoms with Crippen molar-refractivity contribution in [3.8, 4) is 0 Å². The summed E-state index contributed by atoms with van der Waals surface area (Å²) < 4.78 is 30.9. The van der Waals surface area contributed by atoms with E-state index in [0.29, 0.717) is 37.1 Å². The highest BCUT2D eigenvalue weighted by Gasteiger charge is 2.21. The molecule has 1 aromatic heterocycles. The van der Waals surface area contributed by atoms with Crippen LogP contribution in [0.5, 0.6) is 0 Å². The molecule has 0 atom stereocenters. The molecule has 0 aliphatic heterocycles. The maximum atomic E-state index is 12.3. The molecule has 6 nitrogen and oxygen atoms in total. The molecule has 0 aliphatic carbocycles. The Bertz CT molecular complexity index is 497. The number of sulfonamides is 1. The zero-order valence-electron chi connectivity index (χ0n) is 12.6. The Morgan fingerprint density at radius 3 is 2.75 bits per heavy atom. The molecule has 0 unspecified atom stereocenters. The average molecular weight is 303 g/mol. The van der Waals surface area contributed by atoms with Crippen molar-refractivity contribution >= 4 is 10.0 Å². The van der Waals surface area contributed by atoms with Crippen molar-refractivity contribution in [2.45, 2.75) is 37.8 Å². The van der Waals surface area contributed by atoms with Crippen LogP contribution in [0.4, 0.5) is 0 Å². The van der Waals surface area contributed by atoms with Crippen molar-refractivity contribution in [3.63, 3.8) is 0 Å². The lowest BCUT2D eigenvalue weighted by Crippen LogP contribution is -2.28. The fraction of sp³-hybridized carbons (Fsp3) is 0.692. The molecule has 1 heterocycles. The first kappa shape index (κ1) is 17.2. The van der Waals surface area contributed by atoms with Crippen LogP contribution in [0.1, 0.15) is 26.0 Å². The summed E-state index contributed by atoms with van der Waals surface area (Å²) in [4.78, 5) is 3.30. The smallest absolute Gasteiger partial charge is 0.244 e. The Hall–Kier alpha value is -0.890. The summed E-state index contributed by atoms with van der Waals surface area (Å²) >= 11 is 0. The summed E-state index contributed by atoms with van der Waals surface area (Å²) in [6.45, 7) is 5.71. The highest BCUT2D eigenvalue weighted by Crippen LogP contribution is 2.15. The van der Waals surface area contributed by atoms with Gasteiger partial charge in [0.2, 0.25) is 10.0 Å². The number of methoxy groups -OCH3 is 1. The maximum Gasteiger partial charge on any atom is 0.244 e. The molecule has 0 spiro atoms. The number of hydrogen-bond acceptors (Lipinski definition) is 4. The van der Waals surface area contributed by atoms with Crippen molar-refractivity contribution in [2.75, 3.05) is 27.3 Å². The third kappa shape index (κ3) is 4.90. The van der Waals surface area contributed by atoms with Gasteiger partial charge in [-0.25, -0.2) is 12.7 Å². The summed E-state index contributed by atoms with van der Waals surface area (Å²) in [5.41, 5.74) is 0.863. The van der Waals surface area contributed by atoms with Crippen LogP contribution >= 0.6 is 0 Å². The van der Waals surface area contributed by atoms with Crippen molar-refractivity contribution in [3.05, 3.63) is 18.0 Å². The van der Waals surface area contributed by atoms with Gasteiger partial charge in [-0.05, 0) is 12.5 Å². The summed E-state index contributed by atoms with van der Waals surface area (Å²) in [6.07, 6.45) is 2.22. The topological polar surface area (TPSA) is 74.4 Å². The zero-order valence-corrected chi connectivity index (χ0v) is 13.5. The molecule has 0 aromatic carbocycles. The third-order valence-electron chi connectivity index (χ3n) is 2.95. The van der Waals surface area contributed by atoms with Crippen LogP contribution in [0.2, 0.25) is 0 Å². The molecule has 1 aromatic rings. The minimum Gasteiger partial charge on any atom is -0.385 e. The highest BCUT2D eigenvalue weighted by atomic mass is 32.2. The van der Waals surface area contributed by atoms with Gasteiger partial charge in [0.1, 0.15) is 0 Å². The molecular weight excluding hydrogens is 278 g/mol. The lowest BCUT2D eigenvalue weighted by Gasteiger charge is -2.15. The van der Waals surface area contributed by atoms with Gasteiger partial charge in [-0.3, -0.25) is 0 Å². The molecule has 0 saturated heterocycles. The van der Waals surface area contributed by atoms with Crippen molar-refractivity contribution in [1.82, 2.24) is 14.6 Å². The van der Waals surface area contributed by atoms with Gasteiger partial charge >= 0.3 is 0 Å². The van der Waals surface area contributed by atoms with Gasteiger partial charge in [-0.1, -0.05) is 13.8 Å². The van der Waals surface area contributed by atoms with E-state index in [1.54, 1.807) is 26.4 Å². The Morgan fingerprint density at radius 1 is 1.45 bits per heavy atom. The number of nitrogens with zero attached hydrogens (tertiary/aromatic N) is 1. The quantitative estimate of drug-likeness (QED) is 0.672. The number of rotatable bonds is 9. The van der Waals surface area contributed by atoms with E-state index < -0.39 is 10.0 Å². The Kier molecular flexibility index (Phi) is 6.67. The van der Waals surface area contributed by atoms with Crippen LogP contribution in [0, 0.1) is 0 Å². The predicted octanol–water partition coefficient (Wildman–Crippen LogP) is 1.17. The van der Waals surface area contributed by atoms with Gasteiger partial charge in [0.15, 0.2) is 0 Å². The minimum atomic E-state index is -3.42. The molecule has 0 amide bonds.